The lowest BCUT2D eigenvalue weighted by Crippen LogP contribution is -2.15. The minimum absolute atomic E-state index is 0.259. The lowest BCUT2D eigenvalue weighted by molar-refractivity contribution is -0.385. The Morgan fingerprint density at radius 3 is 2.46 bits per heavy atom. The summed E-state index contributed by atoms with van der Waals surface area (Å²) in [7, 11) is -4.79. The molecular weight excluding hydrogens is 388 g/mol. The van der Waals surface area contributed by atoms with Crippen molar-refractivity contribution in [1.82, 2.24) is 0 Å². The van der Waals surface area contributed by atoms with Crippen LogP contribution in [0.4, 0.5) is 11.4 Å². The maximum atomic E-state index is 12.7. The molecular formula is C18H14N2O7S. The molecule has 0 fully saturated rings. The van der Waals surface area contributed by atoms with Crippen LogP contribution in [-0.4, -0.2) is 28.9 Å². The summed E-state index contributed by atoms with van der Waals surface area (Å²) >= 11 is 0. The van der Waals surface area contributed by atoms with Gasteiger partial charge in [-0.3, -0.25) is 19.5 Å². The quantitative estimate of drug-likeness (QED) is 0.263. The Labute approximate surface area is 159 Å². The molecule has 1 amide bonds. The van der Waals surface area contributed by atoms with E-state index in [9.17, 15) is 33.0 Å². The van der Waals surface area contributed by atoms with E-state index >= 15 is 0 Å². The van der Waals surface area contributed by atoms with Crippen LogP contribution in [0.5, 0.6) is 5.75 Å². The van der Waals surface area contributed by atoms with Crippen LogP contribution in [0, 0.1) is 17.0 Å². The van der Waals surface area contributed by atoms with Gasteiger partial charge in [-0.1, -0.05) is 30.3 Å². The predicted octanol–water partition coefficient (Wildman–Crippen LogP) is 3.26. The van der Waals surface area contributed by atoms with Crippen LogP contribution in [0.2, 0.25) is 0 Å². The van der Waals surface area contributed by atoms with Gasteiger partial charge < -0.3 is 10.4 Å². The van der Waals surface area contributed by atoms with Gasteiger partial charge in [0, 0.05) is 11.5 Å². The lowest BCUT2D eigenvalue weighted by Gasteiger charge is -2.14. The number of phenolic OH excluding ortho intramolecular Hbond substituents is 1. The minimum atomic E-state index is -4.79. The first-order chi connectivity index (χ1) is 13.1. The molecule has 0 radical (unpaired) electrons. The van der Waals surface area contributed by atoms with Crippen LogP contribution in [0.3, 0.4) is 0 Å². The highest BCUT2D eigenvalue weighted by molar-refractivity contribution is 7.86. The predicted molar refractivity (Wildman–Crippen MR) is 101 cm³/mol. The Morgan fingerprint density at radius 1 is 1.14 bits per heavy atom. The largest absolute Gasteiger partial charge is 0.504 e. The van der Waals surface area contributed by atoms with Gasteiger partial charge in [0.1, 0.15) is 10.5 Å². The molecule has 0 atom stereocenters. The molecule has 0 saturated heterocycles. The number of amides is 1. The molecule has 0 spiro atoms. The summed E-state index contributed by atoms with van der Waals surface area (Å²) in [6.07, 6.45) is 0. The highest BCUT2D eigenvalue weighted by atomic mass is 32.2. The standard InChI is InChI=1S/C18H14N2O7S/c1-10-6-7-14(20(23)24)13(8-10)18(22)19-16-12-5-3-2-4-11(12)9-15(17(16)21)28(25,26)27/h2-9,21H,1H3,(H,19,22)(H,25,26,27). The third-order valence-corrected chi connectivity index (χ3v) is 4.96. The second-order valence-electron chi connectivity index (χ2n) is 6.03. The number of rotatable bonds is 4. The third-order valence-electron chi connectivity index (χ3n) is 4.10. The van der Waals surface area contributed by atoms with Crippen molar-refractivity contribution in [2.24, 2.45) is 0 Å². The zero-order valence-corrected chi connectivity index (χ0v) is 15.2. The van der Waals surface area contributed by atoms with E-state index in [4.69, 9.17) is 0 Å². The molecule has 3 rings (SSSR count). The lowest BCUT2D eigenvalue weighted by atomic mass is 10.1. The number of aryl methyl sites for hydroxylation is 1. The Hall–Kier alpha value is -3.50. The SMILES string of the molecule is Cc1ccc([N+](=O)[O-])c(C(=O)Nc2c(O)c(S(=O)(=O)O)cc3ccccc23)c1. The first-order valence-electron chi connectivity index (χ1n) is 7.88. The number of nitrogens with one attached hydrogen (secondary N) is 1. The van der Waals surface area contributed by atoms with E-state index in [0.717, 1.165) is 6.07 Å². The molecule has 9 nitrogen and oxygen atoms in total. The molecule has 144 valence electrons. The highest BCUT2D eigenvalue weighted by Crippen LogP contribution is 2.39. The van der Waals surface area contributed by atoms with Crippen LogP contribution in [-0.2, 0) is 10.1 Å². The molecule has 0 unspecified atom stereocenters. The van der Waals surface area contributed by atoms with Gasteiger partial charge in [-0.05, 0) is 30.0 Å². The van der Waals surface area contributed by atoms with Crippen molar-refractivity contribution < 1.29 is 27.8 Å². The van der Waals surface area contributed by atoms with E-state index in [2.05, 4.69) is 5.32 Å². The van der Waals surface area contributed by atoms with Gasteiger partial charge in [-0.15, -0.1) is 0 Å². The molecule has 3 aromatic carbocycles. The van der Waals surface area contributed by atoms with E-state index in [1.807, 2.05) is 0 Å². The minimum Gasteiger partial charge on any atom is -0.504 e. The smallest absolute Gasteiger partial charge is 0.298 e. The number of aromatic hydroxyl groups is 1. The van der Waals surface area contributed by atoms with Crippen LogP contribution >= 0.6 is 0 Å². The van der Waals surface area contributed by atoms with Crippen molar-refractivity contribution >= 4 is 38.2 Å². The van der Waals surface area contributed by atoms with Gasteiger partial charge in [0.05, 0.1) is 10.6 Å². The number of nitro benzene ring substituents is 1. The van der Waals surface area contributed by atoms with E-state index in [1.54, 1.807) is 19.1 Å². The number of nitro groups is 1. The molecule has 0 aliphatic carbocycles. The number of benzene rings is 3. The number of hydrogen-bond acceptors (Lipinski definition) is 6. The zero-order valence-electron chi connectivity index (χ0n) is 14.4. The molecule has 0 heterocycles. The maximum absolute atomic E-state index is 12.7. The molecule has 0 aliphatic rings. The fraction of sp³-hybridized carbons (Fsp3) is 0.0556. The molecule has 28 heavy (non-hydrogen) atoms. The van der Waals surface area contributed by atoms with Crippen LogP contribution in [0.1, 0.15) is 15.9 Å². The van der Waals surface area contributed by atoms with E-state index in [1.165, 1.54) is 30.3 Å². The monoisotopic (exact) mass is 402 g/mol. The van der Waals surface area contributed by atoms with Gasteiger partial charge in [0.2, 0.25) is 0 Å². The summed E-state index contributed by atoms with van der Waals surface area (Å²) < 4.78 is 32.5. The number of anilines is 1. The van der Waals surface area contributed by atoms with Gasteiger partial charge in [-0.25, -0.2) is 0 Å². The maximum Gasteiger partial charge on any atom is 0.298 e. The second kappa shape index (κ2) is 6.91. The Bertz CT molecular complexity index is 1240. The van der Waals surface area contributed by atoms with Crippen molar-refractivity contribution in [3.8, 4) is 5.75 Å². The van der Waals surface area contributed by atoms with Gasteiger partial charge in [-0.2, -0.15) is 8.42 Å². The number of hydrogen-bond donors (Lipinski definition) is 3. The van der Waals surface area contributed by atoms with Crippen molar-refractivity contribution in [1.29, 1.82) is 0 Å². The fourth-order valence-electron chi connectivity index (χ4n) is 2.81. The third kappa shape index (κ3) is 3.50. The average molecular weight is 402 g/mol. The molecule has 3 N–H and O–H groups in total. The Balaban J connectivity index is 2.20. The molecule has 0 aliphatic heterocycles. The summed E-state index contributed by atoms with van der Waals surface area (Å²) in [6, 6.07) is 11.3. The topological polar surface area (TPSA) is 147 Å². The van der Waals surface area contributed by atoms with Gasteiger partial charge in [0.15, 0.2) is 5.75 Å². The second-order valence-corrected chi connectivity index (χ2v) is 7.42. The van der Waals surface area contributed by atoms with E-state index < -0.39 is 37.3 Å². The molecule has 0 aromatic heterocycles. The molecule has 0 bridgehead atoms. The number of carbonyl (C=O) groups is 1. The van der Waals surface area contributed by atoms with Crippen LogP contribution < -0.4 is 5.32 Å². The fourth-order valence-corrected chi connectivity index (χ4v) is 3.43. The van der Waals surface area contributed by atoms with Crippen molar-refractivity contribution in [2.45, 2.75) is 11.8 Å². The van der Waals surface area contributed by atoms with E-state index in [0.29, 0.717) is 10.9 Å². The van der Waals surface area contributed by atoms with Crippen LogP contribution in [0.25, 0.3) is 10.8 Å². The molecule has 0 saturated carbocycles. The summed E-state index contributed by atoms with van der Waals surface area (Å²) in [5, 5.41) is 24.5. The van der Waals surface area contributed by atoms with E-state index in [-0.39, 0.29) is 16.6 Å². The van der Waals surface area contributed by atoms with Crippen molar-refractivity contribution in [2.75, 3.05) is 5.32 Å². The highest BCUT2D eigenvalue weighted by Gasteiger charge is 2.25. The summed E-state index contributed by atoms with van der Waals surface area (Å²) in [5.41, 5.74) is -0.397. The summed E-state index contributed by atoms with van der Waals surface area (Å²) in [5.74, 6) is -1.78. The first-order valence-corrected chi connectivity index (χ1v) is 9.32. The van der Waals surface area contributed by atoms with Gasteiger partial charge >= 0.3 is 0 Å². The van der Waals surface area contributed by atoms with Gasteiger partial charge in [0.25, 0.3) is 21.7 Å². The normalized spacial score (nSPS) is 11.4. The van der Waals surface area contributed by atoms with Crippen LogP contribution in [0.15, 0.2) is 53.4 Å². The molecule has 10 heteroatoms. The number of phenols is 1. The average Bonchev–Trinajstić information content (AvgIpc) is 2.62. The number of fused-ring (bicyclic) bond motifs is 1. The Kier molecular flexibility index (Phi) is 4.75. The number of carbonyl (C=O) groups excluding carboxylic acids is 1. The Morgan fingerprint density at radius 2 is 1.82 bits per heavy atom. The first kappa shape index (κ1) is 19.3. The zero-order chi connectivity index (χ0) is 20.6. The summed E-state index contributed by atoms with van der Waals surface area (Å²) in [4.78, 5) is 22.4. The summed E-state index contributed by atoms with van der Waals surface area (Å²) in [6.45, 7) is 1.65. The van der Waals surface area contributed by atoms with Crippen molar-refractivity contribution in [3.05, 3.63) is 69.8 Å². The van der Waals surface area contributed by atoms with Crippen molar-refractivity contribution in [3.63, 3.8) is 0 Å². The number of nitrogens with zero attached hydrogens (tertiary/aromatic N) is 1. The molecule has 3 aromatic rings.